The molecule has 1 atom stereocenters. The summed E-state index contributed by atoms with van der Waals surface area (Å²) in [5.41, 5.74) is 1.55. The highest BCUT2D eigenvalue weighted by molar-refractivity contribution is 5.94. The molecule has 1 heterocycles. The zero-order chi connectivity index (χ0) is 15.6. The first-order valence-electron chi connectivity index (χ1n) is 7.86. The second-order valence-corrected chi connectivity index (χ2v) is 6.64. The van der Waals surface area contributed by atoms with Crippen molar-refractivity contribution >= 4 is 5.91 Å². The molecule has 1 aromatic heterocycles. The molecule has 1 aromatic rings. The Morgan fingerprint density at radius 2 is 2.19 bits per heavy atom. The van der Waals surface area contributed by atoms with Crippen molar-refractivity contribution in [3.05, 3.63) is 17.5 Å². The van der Waals surface area contributed by atoms with Crippen LogP contribution in [0.2, 0.25) is 0 Å². The Morgan fingerprint density at radius 3 is 2.76 bits per heavy atom. The van der Waals surface area contributed by atoms with Crippen molar-refractivity contribution in [2.75, 3.05) is 13.6 Å². The minimum atomic E-state index is -0.393. The van der Waals surface area contributed by atoms with Gasteiger partial charge in [0.15, 0.2) is 0 Å². The molecule has 1 unspecified atom stereocenters. The van der Waals surface area contributed by atoms with Crippen molar-refractivity contribution in [1.29, 1.82) is 0 Å². The van der Waals surface area contributed by atoms with Gasteiger partial charge in [-0.25, -0.2) is 0 Å². The van der Waals surface area contributed by atoms with Crippen LogP contribution in [-0.2, 0) is 6.54 Å². The molecular formula is C16H27N3O2. The van der Waals surface area contributed by atoms with Crippen LogP contribution >= 0.6 is 0 Å². The smallest absolute Gasteiger partial charge is 0.257 e. The van der Waals surface area contributed by atoms with Gasteiger partial charge < -0.3 is 10.0 Å². The van der Waals surface area contributed by atoms with E-state index in [1.807, 2.05) is 11.6 Å². The van der Waals surface area contributed by atoms with E-state index in [-0.39, 0.29) is 5.91 Å². The molecule has 5 heteroatoms. The van der Waals surface area contributed by atoms with Gasteiger partial charge in [0.1, 0.15) is 0 Å². The molecule has 5 nitrogen and oxygen atoms in total. The summed E-state index contributed by atoms with van der Waals surface area (Å²) in [5, 5.41) is 14.3. The molecule has 118 valence electrons. The molecule has 0 bridgehead atoms. The van der Waals surface area contributed by atoms with Crippen molar-refractivity contribution in [3.8, 4) is 0 Å². The Morgan fingerprint density at radius 1 is 1.52 bits per heavy atom. The monoisotopic (exact) mass is 293 g/mol. The Bertz CT molecular complexity index is 492. The van der Waals surface area contributed by atoms with Crippen LogP contribution in [0.25, 0.3) is 0 Å². The van der Waals surface area contributed by atoms with Gasteiger partial charge in [-0.3, -0.25) is 9.48 Å². The summed E-state index contributed by atoms with van der Waals surface area (Å²) in [6.45, 7) is 7.53. The predicted molar refractivity (Wildman–Crippen MR) is 82.1 cm³/mol. The van der Waals surface area contributed by atoms with Gasteiger partial charge in [-0.05, 0) is 38.0 Å². The topological polar surface area (TPSA) is 58.4 Å². The minimum absolute atomic E-state index is 0.0528. The third kappa shape index (κ3) is 4.06. The summed E-state index contributed by atoms with van der Waals surface area (Å²) >= 11 is 0. The van der Waals surface area contributed by atoms with E-state index in [0.29, 0.717) is 23.9 Å². The third-order valence-corrected chi connectivity index (χ3v) is 4.23. The Labute approximate surface area is 126 Å². The molecule has 1 saturated carbocycles. The van der Waals surface area contributed by atoms with Crippen LogP contribution in [0.5, 0.6) is 0 Å². The number of aryl methyl sites for hydroxylation is 1. The van der Waals surface area contributed by atoms with Crippen molar-refractivity contribution in [1.82, 2.24) is 14.7 Å². The predicted octanol–water partition coefficient (Wildman–Crippen LogP) is 2.08. The van der Waals surface area contributed by atoms with Crippen LogP contribution in [0, 0.1) is 18.8 Å². The van der Waals surface area contributed by atoms with E-state index in [4.69, 9.17) is 0 Å². The summed E-state index contributed by atoms with van der Waals surface area (Å²) in [6, 6.07) is 0. The van der Waals surface area contributed by atoms with Crippen LogP contribution in [0.3, 0.4) is 0 Å². The molecule has 0 spiro atoms. The summed E-state index contributed by atoms with van der Waals surface area (Å²) < 4.78 is 1.90. The first-order valence-corrected chi connectivity index (χ1v) is 7.86. The van der Waals surface area contributed by atoms with Crippen molar-refractivity contribution in [2.45, 2.75) is 52.7 Å². The summed E-state index contributed by atoms with van der Waals surface area (Å²) in [4.78, 5) is 14.1. The number of likely N-dealkylation sites (N-methyl/N-ethyl adjacent to an activating group) is 1. The number of aliphatic hydroxyl groups excluding tert-OH is 1. The van der Waals surface area contributed by atoms with E-state index >= 15 is 0 Å². The van der Waals surface area contributed by atoms with Crippen LogP contribution < -0.4 is 0 Å². The molecule has 21 heavy (non-hydrogen) atoms. The lowest BCUT2D eigenvalue weighted by Gasteiger charge is -2.20. The fourth-order valence-corrected chi connectivity index (χ4v) is 2.46. The highest BCUT2D eigenvalue weighted by Crippen LogP contribution is 2.32. The number of rotatable bonds is 7. The van der Waals surface area contributed by atoms with Crippen LogP contribution in [0.15, 0.2) is 6.20 Å². The van der Waals surface area contributed by atoms with E-state index in [2.05, 4.69) is 18.9 Å². The highest BCUT2D eigenvalue weighted by Gasteiger charge is 2.31. The number of amides is 1. The number of carbonyl (C=O) groups excluding carboxylic acids is 1. The lowest BCUT2D eigenvalue weighted by Crippen LogP contribution is -2.35. The van der Waals surface area contributed by atoms with E-state index in [9.17, 15) is 9.90 Å². The second-order valence-electron chi connectivity index (χ2n) is 6.64. The first kappa shape index (κ1) is 16.0. The number of carbonyl (C=O) groups is 1. The zero-order valence-electron chi connectivity index (χ0n) is 13.5. The van der Waals surface area contributed by atoms with Gasteiger partial charge in [-0.2, -0.15) is 5.10 Å². The van der Waals surface area contributed by atoms with Crippen molar-refractivity contribution in [3.63, 3.8) is 0 Å². The molecule has 1 aliphatic carbocycles. The van der Waals surface area contributed by atoms with E-state index in [0.717, 1.165) is 31.5 Å². The lowest BCUT2D eigenvalue weighted by molar-refractivity contribution is 0.0644. The number of hydrogen-bond acceptors (Lipinski definition) is 3. The van der Waals surface area contributed by atoms with Crippen LogP contribution in [0.1, 0.15) is 49.2 Å². The van der Waals surface area contributed by atoms with E-state index in [1.54, 1.807) is 18.1 Å². The molecule has 1 N–H and O–H groups in total. The third-order valence-electron chi connectivity index (χ3n) is 4.23. The highest BCUT2D eigenvalue weighted by atomic mass is 16.3. The molecule has 1 fully saturated rings. The second kappa shape index (κ2) is 6.60. The average Bonchev–Trinajstić information content (AvgIpc) is 3.20. The van der Waals surface area contributed by atoms with Gasteiger partial charge >= 0.3 is 0 Å². The molecule has 1 amide bonds. The number of nitrogens with zero attached hydrogens (tertiary/aromatic N) is 3. The van der Waals surface area contributed by atoms with Gasteiger partial charge in [0.25, 0.3) is 5.91 Å². The maximum atomic E-state index is 12.5. The Kier molecular flexibility index (Phi) is 5.04. The zero-order valence-corrected chi connectivity index (χ0v) is 13.5. The van der Waals surface area contributed by atoms with Gasteiger partial charge in [0.05, 0.1) is 17.9 Å². The van der Waals surface area contributed by atoms with Crippen LogP contribution in [-0.4, -0.2) is 45.4 Å². The largest absolute Gasteiger partial charge is 0.391 e. The summed E-state index contributed by atoms with van der Waals surface area (Å²) in [6.07, 6.45) is 4.46. The number of aliphatic hydroxyl groups is 1. The van der Waals surface area contributed by atoms with Crippen molar-refractivity contribution < 1.29 is 9.90 Å². The summed E-state index contributed by atoms with van der Waals surface area (Å²) in [5.74, 6) is 0.947. The standard InChI is InChI=1S/C16H27N3O2/c1-11(2)7-8-19-12(3)14(9-17-19)16(21)18(4)10-15(20)13-5-6-13/h9,11,13,15,20H,5-8,10H2,1-4H3. The van der Waals surface area contributed by atoms with Gasteiger partial charge in [-0.15, -0.1) is 0 Å². The van der Waals surface area contributed by atoms with Crippen LogP contribution in [0.4, 0.5) is 0 Å². The van der Waals surface area contributed by atoms with E-state index < -0.39 is 6.10 Å². The minimum Gasteiger partial charge on any atom is -0.391 e. The molecule has 0 radical (unpaired) electrons. The quantitative estimate of drug-likeness (QED) is 0.837. The summed E-state index contributed by atoms with van der Waals surface area (Å²) in [7, 11) is 1.75. The van der Waals surface area contributed by atoms with E-state index in [1.165, 1.54) is 0 Å². The fraction of sp³-hybridized carbons (Fsp3) is 0.750. The van der Waals surface area contributed by atoms with Gasteiger partial charge in [0, 0.05) is 25.8 Å². The molecule has 0 aliphatic heterocycles. The number of hydrogen-bond donors (Lipinski definition) is 1. The Balaban J connectivity index is 1.97. The molecule has 2 rings (SSSR count). The average molecular weight is 293 g/mol. The lowest BCUT2D eigenvalue weighted by atomic mass is 10.1. The molecule has 1 aliphatic rings. The normalized spacial score (nSPS) is 16.3. The van der Waals surface area contributed by atoms with Gasteiger partial charge in [-0.1, -0.05) is 13.8 Å². The maximum absolute atomic E-state index is 12.5. The Hall–Kier alpha value is -1.36. The fourth-order valence-electron chi connectivity index (χ4n) is 2.46. The van der Waals surface area contributed by atoms with Gasteiger partial charge in [0.2, 0.25) is 0 Å². The van der Waals surface area contributed by atoms with Crippen molar-refractivity contribution in [2.24, 2.45) is 11.8 Å². The molecule has 0 aromatic carbocycles. The SMILES string of the molecule is Cc1c(C(=O)N(C)CC(O)C2CC2)cnn1CCC(C)C. The first-order chi connectivity index (χ1) is 9.90. The number of aromatic nitrogens is 2. The molecular weight excluding hydrogens is 266 g/mol. The maximum Gasteiger partial charge on any atom is 0.257 e. The molecule has 0 saturated heterocycles.